The van der Waals surface area contributed by atoms with Gasteiger partial charge in [0.05, 0.1) is 18.4 Å². The van der Waals surface area contributed by atoms with Gasteiger partial charge in [-0.2, -0.15) is 0 Å². The number of ether oxygens (including phenoxy) is 1. The molecular weight excluding hydrogens is 219 g/mol. The summed E-state index contributed by atoms with van der Waals surface area (Å²) in [6.45, 7) is 2.78. The molecule has 1 N–H and O–H groups in total. The second-order valence-electron chi connectivity index (χ2n) is 5.05. The Bertz CT molecular complexity index is 387. The Morgan fingerprint density at radius 2 is 2.18 bits per heavy atom. The van der Waals surface area contributed by atoms with Gasteiger partial charge in [0.25, 0.3) is 0 Å². The third kappa shape index (κ3) is 2.19. The molecule has 2 aliphatic heterocycles. The maximum Gasteiger partial charge on any atom is 0.141 e. The number of nitrogens with zero attached hydrogens (tertiary/aromatic N) is 1. The molecule has 4 heteroatoms. The van der Waals surface area contributed by atoms with Crippen LogP contribution in [-0.2, 0) is 4.74 Å². The van der Waals surface area contributed by atoms with Crippen LogP contribution in [0.25, 0.3) is 0 Å². The second kappa shape index (κ2) is 4.35. The molecule has 2 aliphatic rings. The molecule has 3 nitrogen and oxygen atoms in total. The van der Waals surface area contributed by atoms with Crippen molar-refractivity contribution in [1.29, 1.82) is 0 Å². The van der Waals surface area contributed by atoms with E-state index in [9.17, 15) is 4.39 Å². The van der Waals surface area contributed by atoms with Crippen LogP contribution in [0.5, 0.6) is 0 Å². The van der Waals surface area contributed by atoms with Gasteiger partial charge in [0.2, 0.25) is 0 Å². The molecule has 2 saturated heterocycles. The van der Waals surface area contributed by atoms with E-state index in [0.717, 1.165) is 44.7 Å². The molecule has 1 unspecified atom stereocenters. The molecule has 2 fully saturated rings. The molecule has 0 aromatic carbocycles. The summed E-state index contributed by atoms with van der Waals surface area (Å²) in [6.07, 6.45) is 4.46. The van der Waals surface area contributed by atoms with Crippen molar-refractivity contribution < 1.29 is 9.13 Å². The number of hydrogen-bond acceptors (Lipinski definition) is 3. The van der Waals surface area contributed by atoms with Crippen molar-refractivity contribution in [3.05, 3.63) is 29.8 Å². The van der Waals surface area contributed by atoms with Crippen LogP contribution in [0.4, 0.5) is 4.39 Å². The molecule has 0 aliphatic carbocycles. The monoisotopic (exact) mass is 236 g/mol. The van der Waals surface area contributed by atoms with Crippen LogP contribution in [-0.4, -0.2) is 30.3 Å². The minimum atomic E-state index is -0.274. The lowest BCUT2D eigenvalue weighted by atomic mass is 9.85. The first-order valence-electron chi connectivity index (χ1n) is 6.24. The lowest BCUT2D eigenvalue weighted by Gasteiger charge is -2.32. The molecule has 1 atom stereocenters. The van der Waals surface area contributed by atoms with E-state index >= 15 is 0 Å². The highest BCUT2D eigenvalue weighted by Crippen LogP contribution is 2.40. The van der Waals surface area contributed by atoms with Crippen molar-refractivity contribution in [1.82, 2.24) is 10.3 Å². The zero-order valence-electron chi connectivity index (χ0n) is 9.79. The van der Waals surface area contributed by atoms with Crippen LogP contribution in [0.3, 0.4) is 0 Å². The molecule has 3 heterocycles. The van der Waals surface area contributed by atoms with E-state index in [2.05, 4.69) is 10.3 Å². The molecule has 0 radical (unpaired) electrons. The van der Waals surface area contributed by atoms with Gasteiger partial charge in [-0.1, -0.05) is 0 Å². The van der Waals surface area contributed by atoms with Gasteiger partial charge in [-0.3, -0.25) is 4.98 Å². The van der Waals surface area contributed by atoms with Gasteiger partial charge in [0.15, 0.2) is 0 Å². The molecule has 0 amide bonds. The van der Waals surface area contributed by atoms with E-state index in [4.69, 9.17) is 4.74 Å². The number of aromatic nitrogens is 1. The van der Waals surface area contributed by atoms with Gasteiger partial charge >= 0.3 is 0 Å². The van der Waals surface area contributed by atoms with Gasteiger partial charge in [-0.15, -0.1) is 0 Å². The minimum Gasteiger partial charge on any atom is -0.374 e. The zero-order chi connectivity index (χ0) is 11.7. The van der Waals surface area contributed by atoms with Crippen molar-refractivity contribution in [3.8, 4) is 0 Å². The Morgan fingerprint density at radius 1 is 1.35 bits per heavy atom. The summed E-state index contributed by atoms with van der Waals surface area (Å²) in [5.74, 6) is 0.0537. The first-order valence-corrected chi connectivity index (χ1v) is 6.24. The largest absolute Gasteiger partial charge is 0.374 e. The van der Waals surface area contributed by atoms with Crippen molar-refractivity contribution >= 4 is 0 Å². The third-order valence-electron chi connectivity index (χ3n) is 3.89. The Balaban J connectivity index is 1.72. The van der Waals surface area contributed by atoms with Crippen LogP contribution >= 0.6 is 0 Å². The molecule has 1 spiro atoms. The van der Waals surface area contributed by atoms with Crippen LogP contribution in [0.2, 0.25) is 0 Å². The lowest BCUT2D eigenvalue weighted by Crippen LogP contribution is -2.41. The Hall–Kier alpha value is -1.00. The van der Waals surface area contributed by atoms with E-state index in [0.29, 0.717) is 5.92 Å². The number of rotatable bonds is 1. The SMILES string of the molecule is Fc1ccc(C2COC3(CCNCC3)C2)nc1. The first-order chi connectivity index (χ1) is 8.27. The van der Waals surface area contributed by atoms with Crippen molar-refractivity contribution in [2.45, 2.75) is 30.8 Å². The van der Waals surface area contributed by atoms with Gasteiger partial charge in [-0.25, -0.2) is 4.39 Å². The Morgan fingerprint density at radius 3 is 2.88 bits per heavy atom. The fourth-order valence-corrected chi connectivity index (χ4v) is 2.89. The molecule has 0 bridgehead atoms. The molecule has 1 aromatic heterocycles. The fourth-order valence-electron chi connectivity index (χ4n) is 2.89. The minimum absolute atomic E-state index is 0.0476. The molecule has 17 heavy (non-hydrogen) atoms. The van der Waals surface area contributed by atoms with E-state index in [1.54, 1.807) is 6.07 Å². The first kappa shape index (κ1) is 11.1. The zero-order valence-corrected chi connectivity index (χ0v) is 9.79. The van der Waals surface area contributed by atoms with Crippen molar-refractivity contribution in [2.75, 3.05) is 19.7 Å². The predicted molar refractivity (Wildman–Crippen MR) is 62.3 cm³/mol. The van der Waals surface area contributed by atoms with E-state index < -0.39 is 0 Å². The van der Waals surface area contributed by atoms with E-state index in [1.807, 2.05) is 0 Å². The topological polar surface area (TPSA) is 34.1 Å². The summed E-state index contributed by atoms with van der Waals surface area (Å²) in [5, 5.41) is 3.35. The van der Waals surface area contributed by atoms with E-state index in [-0.39, 0.29) is 11.4 Å². The molecular formula is C13H17FN2O. The van der Waals surface area contributed by atoms with Crippen molar-refractivity contribution in [3.63, 3.8) is 0 Å². The number of pyridine rings is 1. The molecule has 92 valence electrons. The van der Waals surface area contributed by atoms with Crippen LogP contribution in [0.1, 0.15) is 30.9 Å². The predicted octanol–water partition coefficient (Wildman–Crippen LogP) is 1.85. The summed E-state index contributed by atoms with van der Waals surface area (Å²) >= 11 is 0. The highest BCUT2D eigenvalue weighted by atomic mass is 19.1. The quantitative estimate of drug-likeness (QED) is 0.808. The highest BCUT2D eigenvalue weighted by Gasteiger charge is 2.41. The maximum atomic E-state index is 12.8. The average Bonchev–Trinajstić information content (AvgIpc) is 2.75. The smallest absolute Gasteiger partial charge is 0.141 e. The number of halogens is 1. The number of hydrogen-bond donors (Lipinski definition) is 1. The van der Waals surface area contributed by atoms with Crippen LogP contribution in [0.15, 0.2) is 18.3 Å². The summed E-state index contributed by atoms with van der Waals surface area (Å²) < 4.78 is 18.8. The van der Waals surface area contributed by atoms with Crippen molar-refractivity contribution in [2.24, 2.45) is 0 Å². The highest BCUT2D eigenvalue weighted by molar-refractivity contribution is 5.14. The summed E-state index contributed by atoms with van der Waals surface area (Å²) in [7, 11) is 0. The van der Waals surface area contributed by atoms with Gasteiger partial charge in [0, 0.05) is 11.6 Å². The Kier molecular flexibility index (Phi) is 2.84. The third-order valence-corrected chi connectivity index (χ3v) is 3.89. The normalized spacial score (nSPS) is 27.5. The lowest BCUT2D eigenvalue weighted by molar-refractivity contribution is -0.0193. The van der Waals surface area contributed by atoms with Crippen LogP contribution < -0.4 is 5.32 Å². The summed E-state index contributed by atoms with van der Waals surface area (Å²) in [5.41, 5.74) is 1.01. The standard InChI is InChI=1S/C13H17FN2O/c14-11-1-2-12(16-8-11)10-7-13(17-9-10)3-5-15-6-4-13/h1-2,8,10,15H,3-7,9H2. The fraction of sp³-hybridized carbons (Fsp3) is 0.615. The second-order valence-corrected chi connectivity index (χ2v) is 5.05. The number of piperidine rings is 1. The molecule has 3 rings (SSSR count). The van der Waals surface area contributed by atoms with Gasteiger partial charge in [0.1, 0.15) is 5.82 Å². The van der Waals surface area contributed by atoms with Gasteiger partial charge in [-0.05, 0) is 44.5 Å². The van der Waals surface area contributed by atoms with Crippen LogP contribution in [0, 0.1) is 5.82 Å². The molecule has 1 aromatic rings. The maximum absolute atomic E-state index is 12.8. The van der Waals surface area contributed by atoms with E-state index in [1.165, 1.54) is 12.3 Å². The van der Waals surface area contributed by atoms with Gasteiger partial charge < -0.3 is 10.1 Å². The summed E-state index contributed by atoms with van der Waals surface area (Å²) in [6, 6.07) is 3.26. The molecule has 0 saturated carbocycles. The number of nitrogens with one attached hydrogen (secondary N) is 1. The average molecular weight is 236 g/mol. The Labute approximate surface area is 100 Å². The summed E-state index contributed by atoms with van der Waals surface area (Å²) in [4.78, 5) is 4.17.